The van der Waals surface area contributed by atoms with Gasteiger partial charge in [0.15, 0.2) is 0 Å². The molecule has 0 radical (unpaired) electrons. The van der Waals surface area contributed by atoms with Crippen molar-refractivity contribution >= 4 is 33.9 Å². The van der Waals surface area contributed by atoms with Crippen LogP contribution in [0, 0.1) is 3.57 Å². The molecule has 0 aliphatic heterocycles. The summed E-state index contributed by atoms with van der Waals surface area (Å²) in [6.07, 6.45) is -3.13. The number of hydrogen-bond donors (Lipinski definition) is 0. The number of thiophene rings is 1. The molecule has 1 aromatic carbocycles. The quantitative estimate of drug-likeness (QED) is 0.454. The van der Waals surface area contributed by atoms with Crippen LogP contribution in [0.25, 0.3) is 11.3 Å². The molecule has 0 N–H and O–H groups in total. The van der Waals surface area contributed by atoms with Gasteiger partial charge in [0.05, 0.1) is 21.4 Å². The van der Waals surface area contributed by atoms with E-state index in [2.05, 4.69) is 0 Å². The van der Waals surface area contributed by atoms with Crippen molar-refractivity contribution in [3.05, 3.63) is 68.1 Å². The molecular formula is C16H11F3INS. The summed E-state index contributed by atoms with van der Waals surface area (Å²) in [6.45, 7) is 0.438. The summed E-state index contributed by atoms with van der Waals surface area (Å²) in [5.41, 5.74) is 0.824. The van der Waals surface area contributed by atoms with E-state index in [4.69, 9.17) is 0 Å². The predicted molar refractivity (Wildman–Crippen MR) is 91.0 cm³/mol. The molecule has 3 aromatic rings. The molecule has 114 valence electrons. The Morgan fingerprint density at radius 2 is 1.77 bits per heavy atom. The van der Waals surface area contributed by atoms with E-state index in [1.54, 1.807) is 27.2 Å². The average molecular weight is 433 g/mol. The molecule has 3 rings (SSSR count). The Kier molecular flexibility index (Phi) is 4.31. The van der Waals surface area contributed by atoms with Crippen molar-refractivity contribution in [2.75, 3.05) is 0 Å². The van der Waals surface area contributed by atoms with Crippen LogP contribution in [-0.4, -0.2) is 4.57 Å². The summed E-state index contributed by atoms with van der Waals surface area (Å²) in [5, 5.41) is 1.93. The molecule has 0 bridgehead atoms. The molecule has 0 atom stereocenters. The van der Waals surface area contributed by atoms with Gasteiger partial charge in [-0.15, -0.1) is 11.3 Å². The van der Waals surface area contributed by atoms with Gasteiger partial charge in [0.1, 0.15) is 0 Å². The lowest BCUT2D eigenvalue weighted by molar-refractivity contribution is -0.138. The maximum absolute atomic E-state index is 13.2. The summed E-state index contributed by atoms with van der Waals surface area (Å²) in [6, 6.07) is 13.0. The smallest absolute Gasteiger partial charge is 0.341 e. The van der Waals surface area contributed by atoms with E-state index in [0.717, 1.165) is 10.4 Å². The maximum Gasteiger partial charge on any atom is 0.418 e. The second-order valence-corrected chi connectivity index (χ2v) is 6.89. The number of alkyl halides is 3. The number of halogens is 4. The van der Waals surface area contributed by atoms with Crippen LogP contribution in [0.5, 0.6) is 0 Å². The van der Waals surface area contributed by atoms with E-state index < -0.39 is 11.7 Å². The lowest BCUT2D eigenvalue weighted by atomic mass is 10.1. The Morgan fingerprint density at radius 1 is 1.05 bits per heavy atom. The SMILES string of the molecule is FC(F)(F)c1cn(Cc2cccs2)c(-c2ccccc2)c1I. The van der Waals surface area contributed by atoms with Gasteiger partial charge < -0.3 is 4.57 Å². The summed E-state index contributed by atoms with van der Waals surface area (Å²) >= 11 is 3.33. The minimum absolute atomic E-state index is 0.243. The van der Waals surface area contributed by atoms with Crippen molar-refractivity contribution in [1.82, 2.24) is 4.57 Å². The van der Waals surface area contributed by atoms with Crippen molar-refractivity contribution in [2.24, 2.45) is 0 Å². The largest absolute Gasteiger partial charge is 0.418 e. The van der Waals surface area contributed by atoms with E-state index in [9.17, 15) is 13.2 Å². The fourth-order valence-corrected chi connectivity index (χ4v) is 4.08. The van der Waals surface area contributed by atoms with Crippen molar-refractivity contribution in [3.8, 4) is 11.3 Å². The van der Waals surface area contributed by atoms with Gasteiger partial charge in [0.25, 0.3) is 0 Å². The molecule has 6 heteroatoms. The van der Waals surface area contributed by atoms with Crippen LogP contribution in [0.2, 0.25) is 0 Å². The van der Waals surface area contributed by atoms with Crippen LogP contribution < -0.4 is 0 Å². The first-order valence-electron chi connectivity index (χ1n) is 6.50. The van der Waals surface area contributed by atoms with E-state index in [0.29, 0.717) is 12.2 Å². The van der Waals surface area contributed by atoms with Gasteiger partial charge in [-0.25, -0.2) is 0 Å². The first kappa shape index (κ1) is 15.6. The first-order valence-corrected chi connectivity index (χ1v) is 8.46. The monoisotopic (exact) mass is 433 g/mol. The minimum Gasteiger partial charge on any atom is -0.341 e. The van der Waals surface area contributed by atoms with E-state index in [1.807, 2.05) is 47.8 Å². The van der Waals surface area contributed by atoms with Crippen LogP contribution in [-0.2, 0) is 12.7 Å². The third kappa shape index (κ3) is 3.08. The number of benzene rings is 1. The standard InChI is InChI=1S/C16H11F3INS/c17-16(18,19)13-10-21(9-12-7-4-8-22-12)15(14(13)20)11-5-2-1-3-6-11/h1-8,10H,9H2. The highest BCUT2D eigenvalue weighted by atomic mass is 127. The average Bonchev–Trinajstić information content (AvgIpc) is 3.08. The van der Waals surface area contributed by atoms with Gasteiger partial charge in [0.2, 0.25) is 0 Å². The lowest BCUT2D eigenvalue weighted by Gasteiger charge is -2.09. The van der Waals surface area contributed by atoms with Crippen molar-refractivity contribution in [2.45, 2.75) is 12.7 Å². The van der Waals surface area contributed by atoms with Crippen LogP contribution >= 0.6 is 33.9 Å². The van der Waals surface area contributed by atoms with E-state index in [-0.39, 0.29) is 3.57 Å². The zero-order valence-corrected chi connectivity index (χ0v) is 14.2. The third-order valence-corrected chi connectivity index (χ3v) is 5.23. The zero-order chi connectivity index (χ0) is 15.7. The Balaban J connectivity index is 2.15. The van der Waals surface area contributed by atoms with Gasteiger partial charge >= 0.3 is 6.18 Å². The molecule has 1 nitrogen and oxygen atoms in total. The highest BCUT2D eigenvalue weighted by Crippen LogP contribution is 2.39. The van der Waals surface area contributed by atoms with Gasteiger partial charge in [-0.2, -0.15) is 13.2 Å². The van der Waals surface area contributed by atoms with Gasteiger partial charge in [-0.05, 0) is 39.6 Å². The second kappa shape index (κ2) is 6.08. The first-order chi connectivity index (χ1) is 10.5. The molecule has 0 aliphatic rings. The topological polar surface area (TPSA) is 4.93 Å². The Morgan fingerprint density at radius 3 is 2.36 bits per heavy atom. The van der Waals surface area contributed by atoms with Gasteiger partial charge in [-0.1, -0.05) is 36.4 Å². The molecule has 2 heterocycles. The van der Waals surface area contributed by atoms with Crippen molar-refractivity contribution in [1.29, 1.82) is 0 Å². The van der Waals surface area contributed by atoms with Crippen LogP contribution in [0.15, 0.2) is 54.0 Å². The molecule has 0 fully saturated rings. The lowest BCUT2D eigenvalue weighted by Crippen LogP contribution is -2.05. The van der Waals surface area contributed by atoms with Crippen molar-refractivity contribution < 1.29 is 13.2 Å². The van der Waals surface area contributed by atoms with Crippen LogP contribution in [0.3, 0.4) is 0 Å². The maximum atomic E-state index is 13.2. The number of aromatic nitrogens is 1. The van der Waals surface area contributed by atoms with Crippen molar-refractivity contribution in [3.63, 3.8) is 0 Å². The molecule has 0 spiro atoms. The summed E-state index contributed by atoms with van der Waals surface area (Å²) in [5.74, 6) is 0. The summed E-state index contributed by atoms with van der Waals surface area (Å²) in [7, 11) is 0. The molecule has 22 heavy (non-hydrogen) atoms. The Bertz CT molecular complexity index is 761. The summed E-state index contributed by atoms with van der Waals surface area (Å²) < 4.78 is 41.6. The predicted octanol–water partition coefficient (Wildman–Crippen LogP) is 5.89. The molecule has 0 saturated heterocycles. The summed E-state index contributed by atoms with van der Waals surface area (Å²) in [4.78, 5) is 1.03. The molecule has 0 unspecified atom stereocenters. The molecular weight excluding hydrogens is 422 g/mol. The highest BCUT2D eigenvalue weighted by Gasteiger charge is 2.36. The van der Waals surface area contributed by atoms with Crippen LogP contribution in [0.4, 0.5) is 13.2 Å². The fourth-order valence-electron chi connectivity index (χ4n) is 2.31. The van der Waals surface area contributed by atoms with E-state index >= 15 is 0 Å². The minimum atomic E-state index is -4.35. The highest BCUT2D eigenvalue weighted by molar-refractivity contribution is 14.1. The third-order valence-electron chi connectivity index (χ3n) is 3.28. The van der Waals surface area contributed by atoms with Gasteiger partial charge in [0, 0.05) is 11.1 Å². The Labute approximate surface area is 143 Å². The number of rotatable bonds is 3. The van der Waals surface area contributed by atoms with Crippen LogP contribution in [0.1, 0.15) is 10.4 Å². The molecule has 2 aromatic heterocycles. The fraction of sp³-hybridized carbons (Fsp3) is 0.125. The van der Waals surface area contributed by atoms with Gasteiger partial charge in [-0.3, -0.25) is 0 Å². The molecule has 0 amide bonds. The molecule has 0 aliphatic carbocycles. The molecule has 0 saturated carbocycles. The number of hydrogen-bond acceptors (Lipinski definition) is 1. The van der Waals surface area contributed by atoms with E-state index in [1.165, 1.54) is 17.5 Å². The normalized spacial score (nSPS) is 11.8. The second-order valence-electron chi connectivity index (χ2n) is 4.78. The Hall–Kier alpha value is -1.28. The zero-order valence-electron chi connectivity index (χ0n) is 11.3. The number of nitrogens with zero attached hydrogens (tertiary/aromatic N) is 1.